The zero-order valence-corrected chi connectivity index (χ0v) is 22.1. The molecule has 1 fully saturated rings. The summed E-state index contributed by atoms with van der Waals surface area (Å²) in [5.74, 6) is -1.73. The lowest BCUT2D eigenvalue weighted by atomic mass is 9.82. The first kappa shape index (κ1) is 29.2. The summed E-state index contributed by atoms with van der Waals surface area (Å²) in [6, 6.07) is 1.48. The number of nitrogens with zero attached hydrogens (tertiary/aromatic N) is 1. The van der Waals surface area contributed by atoms with Gasteiger partial charge >= 0.3 is 6.18 Å². The third-order valence-corrected chi connectivity index (χ3v) is 7.14. The second-order valence-corrected chi connectivity index (χ2v) is 10.0. The Balaban J connectivity index is 2.01. The van der Waals surface area contributed by atoms with Crippen LogP contribution in [0.5, 0.6) is 11.5 Å². The molecule has 3 rings (SSSR count). The molecule has 1 aromatic rings. The van der Waals surface area contributed by atoms with Gasteiger partial charge in [-0.2, -0.15) is 13.2 Å². The first-order chi connectivity index (χ1) is 17.5. The van der Waals surface area contributed by atoms with Crippen molar-refractivity contribution in [3.8, 4) is 11.5 Å². The van der Waals surface area contributed by atoms with Crippen molar-refractivity contribution in [2.24, 2.45) is 5.92 Å². The lowest BCUT2D eigenvalue weighted by Crippen LogP contribution is -2.58. The Hall–Kier alpha value is -2.39. The molecular formula is C24H28F3IN2O7. The second-order valence-electron chi connectivity index (χ2n) is 8.88. The van der Waals surface area contributed by atoms with E-state index in [0.29, 0.717) is 27.6 Å². The maximum atomic E-state index is 13.5. The van der Waals surface area contributed by atoms with Gasteiger partial charge in [-0.25, -0.2) is 0 Å². The van der Waals surface area contributed by atoms with Crippen molar-refractivity contribution < 1.29 is 47.2 Å². The molecule has 1 aromatic carbocycles. The fraction of sp³-hybridized carbons (Fsp3) is 0.542. The number of halogens is 4. The second kappa shape index (κ2) is 12.4. The molecule has 0 aromatic heterocycles. The number of ether oxygens (including phenoxy) is 2. The molecule has 0 saturated heterocycles. The van der Waals surface area contributed by atoms with Gasteiger partial charge < -0.3 is 29.9 Å². The average Bonchev–Trinajstić information content (AvgIpc) is 2.81. The average molecular weight is 640 g/mol. The zero-order chi connectivity index (χ0) is 27.3. The van der Waals surface area contributed by atoms with Gasteiger partial charge in [-0.05, 0) is 53.6 Å². The number of aliphatic hydroxyl groups is 2. The van der Waals surface area contributed by atoms with E-state index in [9.17, 15) is 32.7 Å². The lowest BCUT2D eigenvalue weighted by Gasteiger charge is -2.43. The van der Waals surface area contributed by atoms with Gasteiger partial charge in [-0.3, -0.25) is 14.4 Å². The molecule has 0 aliphatic heterocycles. The Labute approximate surface area is 225 Å². The Morgan fingerprint density at radius 1 is 1.30 bits per heavy atom. The highest BCUT2D eigenvalue weighted by Crippen LogP contribution is 2.38. The number of methoxy groups -OCH3 is 1. The van der Waals surface area contributed by atoms with E-state index in [4.69, 9.17) is 14.6 Å². The summed E-state index contributed by atoms with van der Waals surface area (Å²) in [6.07, 6.45) is -4.51. The molecule has 3 N–H and O–H groups in total. The number of carbonyl (C=O) groups excluding carboxylic acids is 3. The van der Waals surface area contributed by atoms with E-state index >= 15 is 0 Å². The third kappa shape index (κ3) is 7.13. The van der Waals surface area contributed by atoms with E-state index in [0.717, 1.165) is 6.42 Å². The third-order valence-electron chi connectivity index (χ3n) is 6.34. The Kier molecular flexibility index (Phi) is 9.80. The van der Waals surface area contributed by atoms with Crippen molar-refractivity contribution in [2.75, 3.05) is 26.8 Å². The summed E-state index contributed by atoms with van der Waals surface area (Å²) in [5, 5.41) is 22.7. The van der Waals surface area contributed by atoms with E-state index in [2.05, 4.69) is 5.32 Å². The summed E-state index contributed by atoms with van der Waals surface area (Å²) in [6.45, 7) is -2.04. The van der Waals surface area contributed by atoms with Crippen molar-refractivity contribution in [3.63, 3.8) is 0 Å². The molecule has 2 aliphatic carbocycles. The van der Waals surface area contributed by atoms with Gasteiger partial charge in [0.2, 0.25) is 11.8 Å². The lowest BCUT2D eigenvalue weighted by molar-refractivity contribution is -0.176. The highest BCUT2D eigenvalue weighted by atomic mass is 127. The minimum Gasteiger partial charge on any atom is -0.493 e. The predicted molar refractivity (Wildman–Crippen MR) is 133 cm³/mol. The number of hydrogen-bond acceptors (Lipinski definition) is 7. The molecule has 2 amide bonds. The summed E-state index contributed by atoms with van der Waals surface area (Å²) in [5.41, 5.74) is 0.290. The van der Waals surface area contributed by atoms with Gasteiger partial charge in [0.15, 0.2) is 11.5 Å². The van der Waals surface area contributed by atoms with Gasteiger partial charge in [0, 0.05) is 30.0 Å². The smallest absolute Gasteiger partial charge is 0.406 e. The molecule has 0 spiro atoms. The molecule has 13 heteroatoms. The van der Waals surface area contributed by atoms with Crippen LogP contribution in [-0.4, -0.2) is 84.4 Å². The molecule has 0 heterocycles. The Bertz CT molecular complexity index is 1050. The number of amides is 2. The molecule has 1 saturated carbocycles. The van der Waals surface area contributed by atoms with Crippen LogP contribution in [0.3, 0.4) is 0 Å². The number of nitrogens with one attached hydrogen (secondary N) is 1. The number of aliphatic hydroxyl groups excluding tert-OH is 2. The first-order valence-corrected chi connectivity index (χ1v) is 12.7. The standard InChI is InChI=1S/C24H28F3IN2O7/c1-36-19-8-13(11-32)7-16(28)21(19)37-18-10-15(22(34)29-5-6-31)9-17(20(18)33)30(12-24(25,26)27)23(35)14-3-2-4-14/h7-8,10-11,14,17-18,20,31,33H,2-6,9,12H2,1H3,(H,29,34)/t17-,18+,20+/m1/s1. The fourth-order valence-electron chi connectivity index (χ4n) is 4.28. The first-order valence-electron chi connectivity index (χ1n) is 11.6. The summed E-state index contributed by atoms with van der Waals surface area (Å²) < 4.78 is 52.3. The molecule has 0 bridgehead atoms. The van der Waals surface area contributed by atoms with Crippen LogP contribution in [0, 0.1) is 9.49 Å². The van der Waals surface area contributed by atoms with Crippen LogP contribution in [-0.2, 0) is 9.59 Å². The predicted octanol–water partition coefficient (Wildman–Crippen LogP) is 2.22. The maximum Gasteiger partial charge on any atom is 0.406 e. The fourth-order valence-corrected chi connectivity index (χ4v) is 5.03. The van der Waals surface area contributed by atoms with Crippen molar-refractivity contribution in [1.82, 2.24) is 10.2 Å². The number of carbonyl (C=O) groups is 3. The number of aldehydes is 1. The summed E-state index contributed by atoms with van der Waals surface area (Å²) >= 11 is 1.88. The molecule has 3 atom stereocenters. The van der Waals surface area contributed by atoms with Crippen LogP contribution in [0.1, 0.15) is 36.0 Å². The summed E-state index contributed by atoms with van der Waals surface area (Å²) in [4.78, 5) is 37.6. The molecule has 0 radical (unpaired) electrons. The van der Waals surface area contributed by atoms with Crippen molar-refractivity contribution in [2.45, 2.75) is 50.1 Å². The normalized spacial score (nSPS) is 21.9. The Morgan fingerprint density at radius 2 is 2.00 bits per heavy atom. The van der Waals surface area contributed by atoms with E-state index < -0.39 is 48.7 Å². The summed E-state index contributed by atoms with van der Waals surface area (Å²) in [7, 11) is 1.33. The van der Waals surface area contributed by atoms with Crippen molar-refractivity contribution in [3.05, 3.63) is 32.9 Å². The number of rotatable bonds is 10. The topological polar surface area (TPSA) is 125 Å². The highest BCUT2D eigenvalue weighted by Gasteiger charge is 2.46. The van der Waals surface area contributed by atoms with Crippen LogP contribution >= 0.6 is 22.6 Å². The van der Waals surface area contributed by atoms with Crippen molar-refractivity contribution in [1.29, 1.82) is 0 Å². The van der Waals surface area contributed by atoms with Crippen LogP contribution in [0.15, 0.2) is 23.8 Å². The molecule has 9 nitrogen and oxygen atoms in total. The number of alkyl halides is 3. The SMILES string of the molecule is COc1cc(C=O)cc(I)c1O[C@H]1C=C(C(=O)NCCO)C[C@@H](N(CC(F)(F)F)C(=O)C2CCC2)[C@@H]1O. The van der Waals surface area contributed by atoms with Gasteiger partial charge in [0.1, 0.15) is 25.0 Å². The van der Waals surface area contributed by atoms with Gasteiger partial charge in [-0.15, -0.1) is 0 Å². The van der Waals surface area contributed by atoms with Crippen molar-refractivity contribution >= 4 is 40.7 Å². The van der Waals surface area contributed by atoms with Crippen LogP contribution in [0.25, 0.3) is 0 Å². The monoisotopic (exact) mass is 640 g/mol. The van der Waals surface area contributed by atoms with Crippen LogP contribution in [0.2, 0.25) is 0 Å². The molecule has 2 aliphatic rings. The molecule has 37 heavy (non-hydrogen) atoms. The van der Waals surface area contributed by atoms with E-state index in [1.807, 2.05) is 22.6 Å². The molecule has 204 valence electrons. The number of hydrogen-bond donors (Lipinski definition) is 3. The van der Waals surface area contributed by atoms with E-state index in [1.54, 1.807) is 0 Å². The molecular weight excluding hydrogens is 612 g/mol. The minimum absolute atomic E-state index is 0.000760. The van der Waals surface area contributed by atoms with Gasteiger partial charge in [0.05, 0.1) is 23.3 Å². The zero-order valence-electron chi connectivity index (χ0n) is 20.0. The Morgan fingerprint density at radius 3 is 2.54 bits per heavy atom. The quantitative estimate of drug-likeness (QED) is 0.265. The van der Waals surface area contributed by atoms with Gasteiger partial charge in [0.25, 0.3) is 0 Å². The maximum absolute atomic E-state index is 13.5. The minimum atomic E-state index is -4.74. The van der Waals surface area contributed by atoms with E-state index in [-0.39, 0.29) is 42.2 Å². The largest absolute Gasteiger partial charge is 0.493 e. The van der Waals surface area contributed by atoms with Crippen LogP contribution < -0.4 is 14.8 Å². The highest BCUT2D eigenvalue weighted by molar-refractivity contribution is 14.1. The van der Waals surface area contributed by atoms with Gasteiger partial charge in [-0.1, -0.05) is 6.42 Å². The van der Waals surface area contributed by atoms with Crippen LogP contribution in [0.4, 0.5) is 13.2 Å². The number of benzene rings is 1. The molecule has 0 unspecified atom stereocenters. The van der Waals surface area contributed by atoms with E-state index in [1.165, 1.54) is 25.3 Å².